The number of halogens is 2. The van der Waals surface area contributed by atoms with Gasteiger partial charge in [-0.25, -0.2) is 9.18 Å². The molecule has 7 heteroatoms. The van der Waals surface area contributed by atoms with Crippen LogP contribution in [0.3, 0.4) is 0 Å². The number of carbonyl (C=O) groups is 2. The largest absolute Gasteiger partial charge is 0.478 e. The van der Waals surface area contributed by atoms with Crippen LogP contribution in [0.5, 0.6) is 0 Å². The topological polar surface area (TPSA) is 63.6 Å². The van der Waals surface area contributed by atoms with Gasteiger partial charge in [0.15, 0.2) is 0 Å². The maximum atomic E-state index is 13.5. The van der Waals surface area contributed by atoms with E-state index in [-0.39, 0.29) is 17.1 Å². The van der Waals surface area contributed by atoms with Crippen molar-refractivity contribution in [1.29, 1.82) is 0 Å². The van der Waals surface area contributed by atoms with E-state index >= 15 is 0 Å². The fourth-order valence-electron chi connectivity index (χ4n) is 1.73. The smallest absolute Gasteiger partial charge is 0.338 e. The van der Waals surface area contributed by atoms with Gasteiger partial charge < -0.3 is 9.84 Å². The highest BCUT2D eigenvalue weighted by Gasteiger charge is 2.24. The maximum absolute atomic E-state index is 13.5. The molecule has 0 heterocycles. The number of carboxylic acids is 1. The van der Waals surface area contributed by atoms with Crippen molar-refractivity contribution in [3.63, 3.8) is 0 Å². The Kier molecular flexibility index (Phi) is 7.16. The van der Waals surface area contributed by atoms with Gasteiger partial charge in [-0.05, 0) is 32.4 Å². The average molecular weight is 349 g/mol. The molecule has 0 fully saturated rings. The van der Waals surface area contributed by atoms with E-state index in [1.807, 2.05) is 6.92 Å². The summed E-state index contributed by atoms with van der Waals surface area (Å²) < 4.78 is 18.7. The summed E-state index contributed by atoms with van der Waals surface area (Å²) in [6.45, 7) is 5.42. The van der Waals surface area contributed by atoms with Crippen molar-refractivity contribution in [2.75, 3.05) is 0 Å². The molecule has 4 nitrogen and oxygen atoms in total. The predicted molar refractivity (Wildman–Crippen MR) is 84.2 cm³/mol. The molecule has 0 radical (unpaired) electrons. The first-order valence-corrected chi connectivity index (χ1v) is 8.11. The first-order valence-electron chi connectivity index (χ1n) is 6.85. The lowest BCUT2D eigenvalue weighted by Gasteiger charge is -2.17. The minimum atomic E-state index is -1.38. The number of carboxylic acid groups (broad SMARTS) is 1. The number of esters is 1. The summed E-state index contributed by atoms with van der Waals surface area (Å²) in [7, 11) is 0. The van der Waals surface area contributed by atoms with E-state index in [0.29, 0.717) is 11.3 Å². The maximum Gasteiger partial charge on any atom is 0.338 e. The molecular formula is C15H18ClFO4S. The van der Waals surface area contributed by atoms with Crippen molar-refractivity contribution < 1.29 is 23.8 Å². The molecule has 0 aliphatic heterocycles. The lowest BCUT2D eigenvalue weighted by Crippen LogP contribution is -2.23. The molecule has 1 atom stereocenters. The number of benzene rings is 1. The van der Waals surface area contributed by atoms with Crippen LogP contribution < -0.4 is 0 Å². The Morgan fingerprint density at radius 1 is 1.41 bits per heavy atom. The highest BCUT2D eigenvalue weighted by atomic mass is 35.5. The third kappa shape index (κ3) is 5.18. The first kappa shape index (κ1) is 18.8. The van der Waals surface area contributed by atoms with Crippen LogP contribution in [-0.2, 0) is 9.53 Å². The van der Waals surface area contributed by atoms with Crippen molar-refractivity contribution in [3.05, 3.63) is 28.5 Å². The molecule has 0 aliphatic rings. The molecule has 0 amide bonds. The van der Waals surface area contributed by atoms with Gasteiger partial charge in [0.05, 0.1) is 16.7 Å². The van der Waals surface area contributed by atoms with E-state index in [0.717, 1.165) is 30.3 Å². The molecular weight excluding hydrogens is 331 g/mol. The van der Waals surface area contributed by atoms with Gasteiger partial charge in [-0.15, -0.1) is 11.8 Å². The number of thioether (sulfide) groups is 1. The van der Waals surface area contributed by atoms with Gasteiger partial charge in [0, 0.05) is 4.90 Å². The zero-order valence-corrected chi connectivity index (χ0v) is 14.1. The van der Waals surface area contributed by atoms with Gasteiger partial charge in [-0.2, -0.15) is 0 Å². The Bertz CT molecular complexity index is 563. The molecule has 0 bridgehead atoms. The Morgan fingerprint density at radius 2 is 2.05 bits per heavy atom. The second kappa shape index (κ2) is 8.39. The summed E-state index contributed by atoms with van der Waals surface area (Å²) >= 11 is 7.05. The molecule has 1 rings (SSSR count). The number of carbonyl (C=O) groups excluding carboxylic acids is 1. The van der Waals surface area contributed by atoms with Crippen LogP contribution in [0.15, 0.2) is 17.0 Å². The van der Waals surface area contributed by atoms with Crippen molar-refractivity contribution in [1.82, 2.24) is 0 Å². The van der Waals surface area contributed by atoms with Crippen LogP contribution in [-0.4, -0.2) is 28.4 Å². The minimum Gasteiger partial charge on any atom is -0.478 e. The summed E-state index contributed by atoms with van der Waals surface area (Å²) in [6, 6.07) is 2.10. The number of hydrogen-bond acceptors (Lipinski definition) is 4. The van der Waals surface area contributed by atoms with Gasteiger partial charge in [-0.3, -0.25) is 4.79 Å². The summed E-state index contributed by atoms with van der Waals surface area (Å²) in [5.41, 5.74) is -0.473. The molecule has 0 saturated carbocycles. The van der Waals surface area contributed by atoms with E-state index < -0.39 is 22.6 Å². The van der Waals surface area contributed by atoms with Crippen LogP contribution in [0, 0.1) is 5.82 Å². The first-order chi connectivity index (χ1) is 10.3. The van der Waals surface area contributed by atoms with Crippen molar-refractivity contribution >= 4 is 35.3 Å². The highest BCUT2D eigenvalue weighted by Crippen LogP contribution is 2.34. The molecule has 0 saturated heterocycles. The van der Waals surface area contributed by atoms with Gasteiger partial charge in [-0.1, -0.05) is 24.9 Å². The monoisotopic (exact) mass is 348 g/mol. The van der Waals surface area contributed by atoms with E-state index in [2.05, 4.69) is 0 Å². The lowest BCUT2D eigenvalue weighted by atomic mass is 10.2. The number of aromatic carboxylic acids is 1. The zero-order chi connectivity index (χ0) is 16.9. The predicted octanol–water partition coefficient (Wildman–Crippen LogP) is 4.39. The molecule has 0 aromatic heterocycles. The van der Waals surface area contributed by atoms with Crippen LogP contribution >= 0.6 is 23.4 Å². The zero-order valence-electron chi connectivity index (χ0n) is 12.6. The summed E-state index contributed by atoms with van der Waals surface area (Å²) in [4.78, 5) is 23.4. The molecule has 0 aliphatic carbocycles. The fraction of sp³-hybridized carbons (Fsp3) is 0.467. The van der Waals surface area contributed by atoms with Crippen molar-refractivity contribution in [3.8, 4) is 0 Å². The Hall–Kier alpha value is -1.27. The van der Waals surface area contributed by atoms with E-state index in [1.54, 1.807) is 13.8 Å². The quantitative estimate of drug-likeness (QED) is 0.584. The normalized spacial score (nSPS) is 12.3. The summed E-state index contributed by atoms with van der Waals surface area (Å²) in [6.07, 6.45) is 1.05. The lowest BCUT2D eigenvalue weighted by molar-refractivity contribution is -0.146. The van der Waals surface area contributed by atoms with Crippen molar-refractivity contribution in [2.24, 2.45) is 0 Å². The number of rotatable bonds is 7. The molecule has 1 N–H and O–H groups in total. The van der Waals surface area contributed by atoms with E-state index in [4.69, 9.17) is 21.4 Å². The summed E-state index contributed by atoms with van der Waals surface area (Å²) in [5.74, 6) is -2.68. The van der Waals surface area contributed by atoms with Crippen LogP contribution in [0.4, 0.5) is 4.39 Å². The Morgan fingerprint density at radius 3 is 2.55 bits per heavy atom. The Balaban J connectivity index is 3.05. The summed E-state index contributed by atoms with van der Waals surface area (Å²) in [5, 5.41) is 8.52. The SMILES string of the molecule is CCCC(Sc1cc(C(=O)O)c(F)cc1Cl)C(=O)OC(C)C. The fourth-order valence-corrected chi connectivity index (χ4v) is 3.19. The Labute approximate surface area is 138 Å². The van der Waals surface area contributed by atoms with Crippen LogP contribution in [0.25, 0.3) is 0 Å². The third-order valence-corrected chi connectivity index (χ3v) is 4.42. The van der Waals surface area contributed by atoms with E-state index in [9.17, 15) is 14.0 Å². The third-order valence-electron chi connectivity index (χ3n) is 2.69. The number of ether oxygens (including phenoxy) is 1. The number of hydrogen-bond donors (Lipinski definition) is 1. The van der Waals surface area contributed by atoms with Crippen molar-refractivity contribution in [2.45, 2.75) is 49.9 Å². The van der Waals surface area contributed by atoms with Gasteiger partial charge in [0.2, 0.25) is 0 Å². The second-order valence-electron chi connectivity index (χ2n) is 4.95. The molecule has 122 valence electrons. The highest BCUT2D eigenvalue weighted by molar-refractivity contribution is 8.00. The van der Waals surface area contributed by atoms with Gasteiger partial charge in [0.25, 0.3) is 0 Å². The van der Waals surface area contributed by atoms with E-state index in [1.165, 1.54) is 0 Å². The average Bonchev–Trinajstić information content (AvgIpc) is 2.39. The van der Waals surface area contributed by atoms with Crippen LogP contribution in [0.1, 0.15) is 44.0 Å². The molecule has 1 aromatic carbocycles. The standard InChI is InChI=1S/C15H18ClFO4S/c1-4-5-12(15(20)21-8(2)3)22-13-6-9(14(18)19)11(17)7-10(13)16/h6-8,12H,4-5H2,1-3H3,(H,18,19). The molecule has 0 spiro atoms. The molecule has 1 aromatic rings. The second-order valence-corrected chi connectivity index (χ2v) is 6.60. The van der Waals surface area contributed by atoms with Gasteiger partial charge >= 0.3 is 11.9 Å². The van der Waals surface area contributed by atoms with Gasteiger partial charge in [0.1, 0.15) is 11.1 Å². The van der Waals surface area contributed by atoms with Crippen LogP contribution in [0.2, 0.25) is 5.02 Å². The molecule has 22 heavy (non-hydrogen) atoms. The minimum absolute atomic E-state index is 0.0750. The molecule has 1 unspecified atom stereocenters.